The Bertz CT molecular complexity index is 1870. The number of phenols is 2. The molecule has 1 fully saturated rings. The molecular formula is C44H50N2O6. The predicted molar refractivity (Wildman–Crippen MR) is 208 cm³/mol. The molecule has 0 radical (unpaired) electrons. The van der Waals surface area contributed by atoms with Gasteiger partial charge in [-0.3, -0.25) is 9.98 Å². The van der Waals surface area contributed by atoms with Crippen molar-refractivity contribution in [3.8, 4) is 33.8 Å². The van der Waals surface area contributed by atoms with Gasteiger partial charge in [-0.2, -0.15) is 0 Å². The van der Waals surface area contributed by atoms with Crippen molar-refractivity contribution in [1.82, 2.24) is 0 Å². The van der Waals surface area contributed by atoms with Crippen molar-refractivity contribution in [2.24, 2.45) is 9.98 Å². The number of esters is 2. The van der Waals surface area contributed by atoms with Crippen LogP contribution in [0.4, 0.5) is 0 Å². The zero-order chi connectivity index (χ0) is 37.8. The fourth-order valence-electron chi connectivity index (χ4n) is 6.67. The van der Waals surface area contributed by atoms with E-state index in [0.29, 0.717) is 22.3 Å². The number of benzene rings is 4. The van der Waals surface area contributed by atoms with E-state index >= 15 is 0 Å². The van der Waals surface area contributed by atoms with Crippen molar-refractivity contribution < 1.29 is 29.3 Å². The molecule has 272 valence electrons. The van der Waals surface area contributed by atoms with Crippen LogP contribution < -0.4 is 0 Å². The SMILES string of the molecule is COC(=O)c1cccc(-c2cc(C=N[C@@H]3CCCC[C@H]3N=Cc3cc(-c4cccc(C(=O)OC)c4)cc(C(C)(C)C)c3O)c(O)c(C(C)(C)C)c2)c1. The second-order valence-electron chi connectivity index (χ2n) is 15.5. The summed E-state index contributed by atoms with van der Waals surface area (Å²) < 4.78 is 9.88. The molecule has 0 heterocycles. The lowest BCUT2D eigenvalue weighted by atomic mass is 9.83. The van der Waals surface area contributed by atoms with E-state index < -0.39 is 11.9 Å². The number of carbonyl (C=O) groups is 2. The van der Waals surface area contributed by atoms with Crippen molar-refractivity contribution in [3.05, 3.63) is 106 Å². The van der Waals surface area contributed by atoms with E-state index in [4.69, 9.17) is 19.5 Å². The molecule has 0 unspecified atom stereocenters. The van der Waals surface area contributed by atoms with Gasteiger partial charge in [0.2, 0.25) is 0 Å². The molecule has 1 aliphatic carbocycles. The molecule has 0 saturated heterocycles. The van der Waals surface area contributed by atoms with Crippen molar-refractivity contribution >= 4 is 24.4 Å². The van der Waals surface area contributed by atoms with Crippen LogP contribution in [0.3, 0.4) is 0 Å². The third-order valence-electron chi connectivity index (χ3n) is 9.63. The number of nitrogens with zero attached hydrogens (tertiary/aromatic N) is 2. The molecule has 5 rings (SSSR count). The summed E-state index contributed by atoms with van der Waals surface area (Å²) in [4.78, 5) is 34.6. The summed E-state index contributed by atoms with van der Waals surface area (Å²) in [6, 6.07) is 22.0. The van der Waals surface area contributed by atoms with Crippen molar-refractivity contribution in [2.45, 2.75) is 90.1 Å². The van der Waals surface area contributed by atoms with Gasteiger partial charge in [-0.1, -0.05) is 78.6 Å². The minimum absolute atomic E-state index is 0.127. The quantitative estimate of drug-likeness (QED) is 0.140. The summed E-state index contributed by atoms with van der Waals surface area (Å²) in [5, 5.41) is 23.0. The summed E-state index contributed by atoms with van der Waals surface area (Å²) in [5.41, 5.74) is 6.29. The summed E-state index contributed by atoms with van der Waals surface area (Å²) in [7, 11) is 2.72. The van der Waals surface area contributed by atoms with Crippen molar-refractivity contribution in [3.63, 3.8) is 0 Å². The highest BCUT2D eigenvalue weighted by Gasteiger charge is 2.26. The van der Waals surface area contributed by atoms with E-state index in [-0.39, 0.29) is 34.4 Å². The second-order valence-corrected chi connectivity index (χ2v) is 15.5. The van der Waals surface area contributed by atoms with Crippen LogP contribution in [0, 0.1) is 0 Å². The average Bonchev–Trinajstić information content (AvgIpc) is 3.12. The highest BCUT2D eigenvalue weighted by atomic mass is 16.5. The first kappa shape index (κ1) is 38.0. The number of carbonyl (C=O) groups excluding carboxylic acids is 2. The van der Waals surface area contributed by atoms with E-state index in [2.05, 4.69) is 41.5 Å². The molecule has 4 aromatic rings. The Labute approximate surface area is 307 Å². The number of rotatable bonds is 8. The van der Waals surface area contributed by atoms with Crippen molar-refractivity contribution in [1.29, 1.82) is 0 Å². The van der Waals surface area contributed by atoms with Crippen LogP contribution in [0.5, 0.6) is 11.5 Å². The van der Waals surface area contributed by atoms with Gasteiger partial charge in [-0.15, -0.1) is 0 Å². The summed E-state index contributed by atoms with van der Waals surface area (Å²) in [6.45, 7) is 12.3. The molecular weight excluding hydrogens is 652 g/mol. The molecule has 0 spiro atoms. The third-order valence-corrected chi connectivity index (χ3v) is 9.63. The maximum absolute atomic E-state index is 12.3. The Morgan fingerprint density at radius 2 is 1.00 bits per heavy atom. The monoisotopic (exact) mass is 702 g/mol. The Balaban J connectivity index is 1.51. The summed E-state index contributed by atoms with van der Waals surface area (Å²) in [6.07, 6.45) is 7.21. The number of aromatic hydroxyl groups is 2. The van der Waals surface area contributed by atoms with Crippen LogP contribution >= 0.6 is 0 Å². The number of phenolic OH excluding ortho intramolecular Hbond substituents is 2. The maximum atomic E-state index is 12.3. The molecule has 0 amide bonds. The highest BCUT2D eigenvalue weighted by Crippen LogP contribution is 2.39. The largest absolute Gasteiger partial charge is 0.507 e. The molecule has 0 aromatic heterocycles. The lowest BCUT2D eigenvalue weighted by molar-refractivity contribution is 0.0592. The number of ether oxygens (including phenoxy) is 2. The zero-order valence-electron chi connectivity index (χ0n) is 31.5. The minimum atomic E-state index is -0.412. The maximum Gasteiger partial charge on any atom is 0.337 e. The van der Waals surface area contributed by atoms with Gasteiger partial charge in [0.1, 0.15) is 11.5 Å². The van der Waals surface area contributed by atoms with Crippen LogP contribution in [0.1, 0.15) is 110 Å². The Morgan fingerprint density at radius 3 is 1.35 bits per heavy atom. The lowest BCUT2D eigenvalue weighted by Crippen LogP contribution is -2.27. The molecule has 4 aromatic carbocycles. The average molecular weight is 703 g/mol. The van der Waals surface area contributed by atoms with Gasteiger partial charge in [0.15, 0.2) is 0 Å². The van der Waals surface area contributed by atoms with Crippen LogP contribution in [0.2, 0.25) is 0 Å². The van der Waals surface area contributed by atoms with Gasteiger partial charge >= 0.3 is 11.9 Å². The molecule has 52 heavy (non-hydrogen) atoms. The smallest absolute Gasteiger partial charge is 0.337 e. The van der Waals surface area contributed by atoms with E-state index in [1.807, 2.05) is 48.5 Å². The fraction of sp³-hybridized carbons (Fsp3) is 0.364. The van der Waals surface area contributed by atoms with Gasteiger partial charge in [-0.25, -0.2) is 9.59 Å². The van der Waals surface area contributed by atoms with Gasteiger partial charge in [0.25, 0.3) is 0 Å². The summed E-state index contributed by atoms with van der Waals surface area (Å²) >= 11 is 0. The highest BCUT2D eigenvalue weighted by molar-refractivity contribution is 5.93. The van der Waals surface area contributed by atoms with Gasteiger partial charge in [0, 0.05) is 34.7 Å². The molecule has 8 nitrogen and oxygen atoms in total. The van der Waals surface area contributed by atoms with Crippen LogP contribution in [0.25, 0.3) is 22.3 Å². The molecule has 1 aliphatic rings. The standard InChI is InChI=1S/C44H50N2O6/c1-43(2,3)35-23-31(27-13-11-15-29(19-27)41(49)51-7)21-33(39(35)47)25-45-37-17-9-10-18-38(37)46-26-34-22-32(24-36(40(34)48)44(4,5)6)28-14-12-16-30(20-28)42(50)52-8/h11-16,19-26,37-38,47-48H,9-10,17-18H2,1-8H3/t37-,38-/m1/s1. The molecule has 2 N–H and O–H groups in total. The Morgan fingerprint density at radius 1 is 0.615 bits per heavy atom. The second kappa shape index (κ2) is 15.6. The molecule has 2 atom stereocenters. The third kappa shape index (κ3) is 8.61. The molecule has 0 aliphatic heterocycles. The van der Waals surface area contributed by atoms with E-state index in [1.165, 1.54) is 14.2 Å². The van der Waals surface area contributed by atoms with Crippen molar-refractivity contribution in [2.75, 3.05) is 14.2 Å². The van der Waals surface area contributed by atoms with E-state index in [1.54, 1.807) is 36.7 Å². The van der Waals surface area contributed by atoms with E-state index in [0.717, 1.165) is 59.1 Å². The normalized spacial score (nSPS) is 16.7. The summed E-state index contributed by atoms with van der Waals surface area (Å²) in [5.74, 6) is -0.477. The Hall–Kier alpha value is -5.24. The first-order chi connectivity index (χ1) is 24.6. The number of hydrogen-bond donors (Lipinski definition) is 2. The topological polar surface area (TPSA) is 118 Å². The first-order valence-electron chi connectivity index (χ1n) is 17.8. The zero-order valence-corrected chi connectivity index (χ0v) is 31.5. The molecule has 0 bridgehead atoms. The minimum Gasteiger partial charge on any atom is -0.507 e. The van der Waals surface area contributed by atoms with E-state index in [9.17, 15) is 19.8 Å². The van der Waals surface area contributed by atoms with Crippen LogP contribution in [-0.2, 0) is 20.3 Å². The number of aliphatic imine (C=N–C) groups is 2. The molecule has 8 heteroatoms. The molecule has 1 saturated carbocycles. The van der Waals surface area contributed by atoms with Gasteiger partial charge < -0.3 is 19.7 Å². The van der Waals surface area contributed by atoms with Crippen LogP contribution in [-0.4, -0.2) is 60.9 Å². The Kier molecular flexibility index (Phi) is 11.4. The van der Waals surface area contributed by atoms with Gasteiger partial charge in [0.05, 0.1) is 37.4 Å². The van der Waals surface area contributed by atoms with Crippen LogP contribution in [0.15, 0.2) is 82.8 Å². The number of hydrogen-bond acceptors (Lipinski definition) is 8. The fourth-order valence-corrected chi connectivity index (χ4v) is 6.67. The number of methoxy groups -OCH3 is 2. The lowest BCUT2D eigenvalue weighted by Gasteiger charge is -2.26. The predicted octanol–water partition coefficient (Wildman–Crippen LogP) is 9.45. The van der Waals surface area contributed by atoms with Gasteiger partial charge in [-0.05, 0) is 94.5 Å². The first-order valence-corrected chi connectivity index (χ1v) is 17.8.